The van der Waals surface area contributed by atoms with Crippen LogP contribution >= 0.6 is 0 Å². The molecule has 0 bridgehead atoms. The third-order valence-electron chi connectivity index (χ3n) is 5.45. The highest BCUT2D eigenvalue weighted by atomic mass is 16.5. The largest absolute Gasteiger partial charge is 0.493 e. The molecule has 3 aromatic rings. The van der Waals surface area contributed by atoms with Gasteiger partial charge in [0, 0.05) is 25.3 Å². The van der Waals surface area contributed by atoms with Crippen LogP contribution in [0.5, 0.6) is 5.75 Å². The first-order chi connectivity index (χ1) is 14.5. The van der Waals surface area contributed by atoms with Crippen molar-refractivity contribution in [3.63, 3.8) is 0 Å². The Labute approximate surface area is 177 Å². The summed E-state index contributed by atoms with van der Waals surface area (Å²) < 4.78 is 17.4. The Kier molecular flexibility index (Phi) is 5.88. The molecule has 30 heavy (non-hydrogen) atoms. The van der Waals surface area contributed by atoms with E-state index in [-0.39, 0.29) is 12.1 Å². The third kappa shape index (κ3) is 4.40. The van der Waals surface area contributed by atoms with Crippen molar-refractivity contribution in [1.82, 2.24) is 4.98 Å². The summed E-state index contributed by atoms with van der Waals surface area (Å²) in [7, 11) is 0. The number of esters is 1. The highest BCUT2D eigenvalue weighted by Crippen LogP contribution is 2.36. The van der Waals surface area contributed by atoms with E-state index in [1.165, 1.54) is 18.1 Å². The summed E-state index contributed by atoms with van der Waals surface area (Å²) in [4.78, 5) is 16.0. The van der Waals surface area contributed by atoms with E-state index in [4.69, 9.17) is 18.9 Å². The molecule has 0 N–H and O–H groups in total. The summed E-state index contributed by atoms with van der Waals surface area (Å²) in [6.07, 6.45) is 3.08. The van der Waals surface area contributed by atoms with Gasteiger partial charge in [0.15, 0.2) is 0 Å². The number of hydrogen-bond donors (Lipinski definition) is 0. The average molecular weight is 405 g/mol. The molecule has 0 saturated heterocycles. The molecule has 0 saturated carbocycles. The van der Waals surface area contributed by atoms with Crippen LogP contribution in [0.25, 0.3) is 11.5 Å². The smallest absolute Gasteiger partial charge is 0.303 e. The van der Waals surface area contributed by atoms with Crippen molar-refractivity contribution in [3.05, 3.63) is 70.6 Å². The van der Waals surface area contributed by atoms with Crippen molar-refractivity contribution in [1.29, 1.82) is 0 Å². The number of aromatic nitrogens is 1. The second kappa shape index (κ2) is 8.74. The van der Waals surface area contributed by atoms with Crippen LogP contribution in [0.15, 0.2) is 46.9 Å². The third-order valence-corrected chi connectivity index (χ3v) is 5.45. The van der Waals surface area contributed by atoms with Crippen LogP contribution in [0.3, 0.4) is 0 Å². The predicted octanol–water partition coefficient (Wildman–Crippen LogP) is 5.38. The second-order valence-electron chi connectivity index (χ2n) is 7.70. The number of nitrogens with zero attached hydrogens (tertiary/aromatic N) is 1. The van der Waals surface area contributed by atoms with E-state index in [9.17, 15) is 4.79 Å². The van der Waals surface area contributed by atoms with Crippen LogP contribution in [0.4, 0.5) is 0 Å². The van der Waals surface area contributed by atoms with Gasteiger partial charge in [-0.2, -0.15) is 0 Å². The van der Waals surface area contributed by atoms with Gasteiger partial charge in [0.05, 0.1) is 12.3 Å². The van der Waals surface area contributed by atoms with Crippen LogP contribution in [-0.2, 0) is 28.8 Å². The lowest BCUT2D eigenvalue weighted by Crippen LogP contribution is -2.06. The van der Waals surface area contributed by atoms with Crippen molar-refractivity contribution in [3.8, 4) is 17.2 Å². The first kappa shape index (κ1) is 20.2. The summed E-state index contributed by atoms with van der Waals surface area (Å²) >= 11 is 0. The van der Waals surface area contributed by atoms with Gasteiger partial charge in [-0.15, -0.1) is 0 Å². The van der Waals surface area contributed by atoms with Gasteiger partial charge in [0.25, 0.3) is 0 Å². The number of hydrogen-bond acceptors (Lipinski definition) is 5. The first-order valence-electron chi connectivity index (χ1n) is 10.5. The molecule has 0 fully saturated rings. The Balaban J connectivity index is 1.40. The molecule has 4 rings (SSSR count). The van der Waals surface area contributed by atoms with E-state index < -0.39 is 0 Å². The minimum Gasteiger partial charge on any atom is -0.493 e. The van der Waals surface area contributed by atoms with Crippen molar-refractivity contribution in [2.45, 2.75) is 52.6 Å². The van der Waals surface area contributed by atoms with Crippen molar-refractivity contribution >= 4 is 5.97 Å². The SMILES string of the molecule is CCc1oc(-c2ccc(C)cc2)nc1CCOc1ccc2c(c1)CCC2OC(C)=O. The number of aryl methyl sites for hydroxylation is 3. The molecule has 1 aliphatic carbocycles. The highest BCUT2D eigenvalue weighted by molar-refractivity contribution is 5.66. The maximum absolute atomic E-state index is 11.3. The maximum Gasteiger partial charge on any atom is 0.303 e. The highest BCUT2D eigenvalue weighted by Gasteiger charge is 2.25. The molecule has 1 aromatic heterocycles. The fourth-order valence-corrected chi connectivity index (χ4v) is 3.91. The average Bonchev–Trinajstić information content (AvgIpc) is 3.32. The van der Waals surface area contributed by atoms with E-state index in [2.05, 4.69) is 32.0 Å². The normalized spacial score (nSPS) is 15.1. The molecule has 5 heteroatoms. The minimum absolute atomic E-state index is 0.131. The van der Waals surface area contributed by atoms with Gasteiger partial charge in [-0.05, 0) is 55.2 Å². The van der Waals surface area contributed by atoms with Gasteiger partial charge in [0.1, 0.15) is 17.6 Å². The molecule has 1 aliphatic rings. The fraction of sp³-hybridized carbons (Fsp3) is 0.360. The van der Waals surface area contributed by atoms with E-state index in [1.54, 1.807) is 0 Å². The Morgan fingerprint density at radius 2 is 2.00 bits per heavy atom. The van der Waals surface area contributed by atoms with Gasteiger partial charge in [-0.3, -0.25) is 4.79 Å². The van der Waals surface area contributed by atoms with Crippen LogP contribution in [0.2, 0.25) is 0 Å². The van der Waals surface area contributed by atoms with Gasteiger partial charge in [-0.25, -0.2) is 4.98 Å². The number of rotatable bonds is 7. The molecule has 0 amide bonds. The number of fused-ring (bicyclic) bond motifs is 1. The van der Waals surface area contributed by atoms with Crippen molar-refractivity contribution < 1.29 is 18.7 Å². The zero-order valence-electron chi connectivity index (χ0n) is 17.7. The number of carbonyl (C=O) groups is 1. The molecule has 0 spiro atoms. The summed E-state index contributed by atoms with van der Waals surface area (Å²) in [6.45, 7) is 6.12. The van der Waals surface area contributed by atoms with Gasteiger partial charge in [-0.1, -0.05) is 30.7 Å². The molecule has 1 unspecified atom stereocenters. The molecule has 2 aromatic carbocycles. The van der Waals surface area contributed by atoms with Crippen LogP contribution in [0, 0.1) is 6.92 Å². The van der Waals surface area contributed by atoms with Crippen LogP contribution in [0.1, 0.15) is 54.5 Å². The number of oxazole rings is 1. The van der Waals surface area contributed by atoms with Crippen molar-refractivity contribution in [2.24, 2.45) is 0 Å². The lowest BCUT2D eigenvalue weighted by atomic mass is 10.1. The molecular weight excluding hydrogens is 378 g/mol. The molecule has 1 heterocycles. The van der Waals surface area contributed by atoms with Gasteiger partial charge >= 0.3 is 5.97 Å². The number of ether oxygens (including phenoxy) is 2. The van der Waals surface area contributed by atoms with Gasteiger partial charge < -0.3 is 13.9 Å². The van der Waals surface area contributed by atoms with Gasteiger partial charge in [0.2, 0.25) is 5.89 Å². The Morgan fingerprint density at radius 1 is 1.20 bits per heavy atom. The summed E-state index contributed by atoms with van der Waals surface area (Å²) in [6, 6.07) is 14.2. The summed E-state index contributed by atoms with van der Waals surface area (Å²) in [5, 5.41) is 0. The molecule has 5 nitrogen and oxygen atoms in total. The second-order valence-corrected chi connectivity index (χ2v) is 7.70. The predicted molar refractivity (Wildman–Crippen MR) is 115 cm³/mol. The first-order valence-corrected chi connectivity index (χ1v) is 10.5. The zero-order chi connectivity index (χ0) is 21.1. The molecule has 156 valence electrons. The Bertz CT molecular complexity index is 1040. The lowest BCUT2D eigenvalue weighted by molar-refractivity contribution is -0.146. The standard InChI is InChI=1S/C25H27NO4/c1-4-23-22(26-25(30-23)18-7-5-16(2)6-8-18)13-14-28-20-10-11-21-19(15-20)9-12-24(21)29-17(3)27/h5-8,10-11,15,24H,4,9,12-14H2,1-3H3. The van der Waals surface area contributed by atoms with E-state index >= 15 is 0 Å². The fourth-order valence-electron chi connectivity index (χ4n) is 3.91. The zero-order valence-corrected chi connectivity index (χ0v) is 17.7. The van der Waals surface area contributed by atoms with Crippen LogP contribution in [-0.4, -0.2) is 17.6 Å². The summed E-state index contributed by atoms with van der Waals surface area (Å²) in [5.41, 5.74) is 5.43. The quantitative estimate of drug-likeness (QED) is 0.494. The number of benzene rings is 2. The van der Waals surface area contributed by atoms with E-state index in [1.807, 2.05) is 24.3 Å². The molecule has 0 aliphatic heterocycles. The monoisotopic (exact) mass is 405 g/mol. The number of carbonyl (C=O) groups excluding carboxylic acids is 1. The summed E-state index contributed by atoms with van der Waals surface area (Å²) in [5.74, 6) is 2.17. The Morgan fingerprint density at radius 3 is 2.73 bits per heavy atom. The van der Waals surface area contributed by atoms with E-state index in [0.29, 0.717) is 18.9 Å². The molecular formula is C25H27NO4. The minimum atomic E-state index is -0.238. The van der Waals surface area contributed by atoms with E-state index in [0.717, 1.165) is 47.6 Å². The van der Waals surface area contributed by atoms with Crippen molar-refractivity contribution in [2.75, 3.05) is 6.61 Å². The maximum atomic E-state index is 11.3. The topological polar surface area (TPSA) is 61.6 Å². The lowest BCUT2D eigenvalue weighted by Gasteiger charge is -2.12. The van der Waals surface area contributed by atoms with Crippen LogP contribution < -0.4 is 4.74 Å². The molecule has 1 atom stereocenters. The Hall–Kier alpha value is -3.08. The molecule has 0 radical (unpaired) electrons.